The van der Waals surface area contributed by atoms with Gasteiger partial charge in [0.15, 0.2) is 0 Å². The third-order valence-corrected chi connectivity index (χ3v) is 2.36. The number of nitrogens with one attached hydrogen (secondary N) is 1. The average molecular weight is 224 g/mol. The van der Waals surface area contributed by atoms with E-state index >= 15 is 0 Å². The minimum atomic E-state index is -0.410. The van der Waals surface area contributed by atoms with Crippen molar-refractivity contribution in [1.29, 1.82) is 0 Å². The van der Waals surface area contributed by atoms with E-state index in [-0.39, 0.29) is 29.9 Å². The molecule has 0 saturated carbocycles. The summed E-state index contributed by atoms with van der Waals surface area (Å²) in [6.45, 7) is 3.66. The highest BCUT2D eigenvalue weighted by Gasteiger charge is 2.17. The van der Waals surface area contributed by atoms with Gasteiger partial charge in [-0.1, -0.05) is 13.8 Å². The molecule has 16 heavy (non-hydrogen) atoms. The van der Waals surface area contributed by atoms with Crippen molar-refractivity contribution < 1.29 is 15.0 Å². The summed E-state index contributed by atoms with van der Waals surface area (Å²) in [6, 6.07) is 1.11. The Bertz CT molecular complexity index is 366. The van der Waals surface area contributed by atoms with E-state index in [0.717, 1.165) is 0 Å². The predicted molar refractivity (Wildman–Crippen MR) is 59.1 cm³/mol. The SMILES string of the molecule is CC(C)C(CO)NC(=O)c1ccncc1O. The van der Waals surface area contributed by atoms with Crippen molar-refractivity contribution in [2.75, 3.05) is 6.61 Å². The summed E-state index contributed by atoms with van der Waals surface area (Å²) < 4.78 is 0. The normalized spacial score (nSPS) is 12.5. The van der Waals surface area contributed by atoms with Gasteiger partial charge in [-0.2, -0.15) is 0 Å². The average Bonchev–Trinajstić information content (AvgIpc) is 2.25. The lowest BCUT2D eigenvalue weighted by atomic mass is 10.0. The van der Waals surface area contributed by atoms with E-state index in [0.29, 0.717) is 0 Å². The van der Waals surface area contributed by atoms with Crippen LogP contribution in [0.2, 0.25) is 0 Å². The summed E-state index contributed by atoms with van der Waals surface area (Å²) in [7, 11) is 0. The van der Waals surface area contributed by atoms with Crippen LogP contribution in [-0.2, 0) is 0 Å². The minimum Gasteiger partial charge on any atom is -0.505 e. The molecule has 5 heteroatoms. The van der Waals surface area contributed by atoms with Gasteiger partial charge in [0.05, 0.1) is 24.4 Å². The molecule has 1 rings (SSSR count). The van der Waals surface area contributed by atoms with Crippen LogP contribution in [0.1, 0.15) is 24.2 Å². The molecule has 1 amide bonds. The van der Waals surface area contributed by atoms with E-state index < -0.39 is 5.91 Å². The molecule has 88 valence electrons. The fourth-order valence-corrected chi connectivity index (χ4v) is 1.25. The van der Waals surface area contributed by atoms with Gasteiger partial charge in [0.1, 0.15) is 5.75 Å². The third kappa shape index (κ3) is 2.93. The molecule has 0 aliphatic heterocycles. The Labute approximate surface area is 94.1 Å². The number of amides is 1. The molecule has 0 saturated heterocycles. The Balaban J connectivity index is 2.76. The second-order valence-corrected chi connectivity index (χ2v) is 3.90. The molecule has 1 atom stereocenters. The van der Waals surface area contributed by atoms with Crippen LogP contribution in [0.4, 0.5) is 0 Å². The van der Waals surface area contributed by atoms with E-state index in [1.165, 1.54) is 18.5 Å². The van der Waals surface area contributed by atoms with E-state index in [4.69, 9.17) is 5.11 Å². The van der Waals surface area contributed by atoms with Gasteiger partial charge in [0.2, 0.25) is 0 Å². The van der Waals surface area contributed by atoms with Crippen LogP contribution in [0.5, 0.6) is 5.75 Å². The first-order chi connectivity index (χ1) is 7.56. The highest BCUT2D eigenvalue weighted by atomic mass is 16.3. The van der Waals surface area contributed by atoms with Crippen LogP contribution in [-0.4, -0.2) is 33.8 Å². The molecule has 1 unspecified atom stereocenters. The first kappa shape index (κ1) is 12.4. The van der Waals surface area contributed by atoms with E-state index in [9.17, 15) is 9.90 Å². The quantitative estimate of drug-likeness (QED) is 0.697. The number of pyridine rings is 1. The Morgan fingerprint density at radius 1 is 1.56 bits per heavy atom. The summed E-state index contributed by atoms with van der Waals surface area (Å²) in [6.07, 6.45) is 2.64. The smallest absolute Gasteiger partial charge is 0.255 e. The predicted octanol–water partition coefficient (Wildman–Crippen LogP) is 0.534. The zero-order valence-electron chi connectivity index (χ0n) is 9.34. The second-order valence-electron chi connectivity index (χ2n) is 3.90. The summed E-state index contributed by atoms with van der Waals surface area (Å²) in [5.74, 6) is -0.453. The van der Waals surface area contributed by atoms with Crippen molar-refractivity contribution in [3.8, 4) is 5.75 Å². The standard InChI is InChI=1S/C11H16N2O3/c1-7(2)9(6-14)13-11(16)8-3-4-12-5-10(8)15/h3-5,7,9,14-15H,6H2,1-2H3,(H,13,16). The van der Waals surface area contributed by atoms with Gasteiger partial charge in [-0.05, 0) is 12.0 Å². The summed E-state index contributed by atoms with van der Waals surface area (Å²) >= 11 is 0. The molecular weight excluding hydrogens is 208 g/mol. The van der Waals surface area contributed by atoms with Gasteiger partial charge < -0.3 is 15.5 Å². The van der Waals surface area contributed by atoms with E-state index in [1.807, 2.05) is 13.8 Å². The molecule has 0 bridgehead atoms. The second kappa shape index (κ2) is 5.46. The van der Waals surface area contributed by atoms with Crippen LogP contribution in [0, 0.1) is 5.92 Å². The van der Waals surface area contributed by atoms with Gasteiger partial charge in [0.25, 0.3) is 5.91 Å². The van der Waals surface area contributed by atoms with E-state index in [1.54, 1.807) is 0 Å². The number of aromatic nitrogens is 1. The lowest BCUT2D eigenvalue weighted by Gasteiger charge is -2.19. The topological polar surface area (TPSA) is 82.5 Å². The first-order valence-corrected chi connectivity index (χ1v) is 5.11. The zero-order valence-corrected chi connectivity index (χ0v) is 9.34. The molecule has 1 aromatic heterocycles. The fourth-order valence-electron chi connectivity index (χ4n) is 1.25. The molecule has 0 spiro atoms. The van der Waals surface area contributed by atoms with Gasteiger partial charge in [-0.15, -0.1) is 0 Å². The Morgan fingerprint density at radius 3 is 2.75 bits per heavy atom. The molecule has 0 aliphatic rings. The number of hydrogen-bond acceptors (Lipinski definition) is 4. The van der Waals surface area contributed by atoms with Gasteiger partial charge >= 0.3 is 0 Å². The lowest BCUT2D eigenvalue weighted by molar-refractivity contribution is 0.0894. The number of aliphatic hydroxyl groups excluding tert-OH is 1. The lowest BCUT2D eigenvalue weighted by Crippen LogP contribution is -2.41. The molecule has 0 radical (unpaired) electrons. The Morgan fingerprint density at radius 2 is 2.25 bits per heavy atom. The molecule has 0 fully saturated rings. The fraction of sp³-hybridized carbons (Fsp3) is 0.455. The first-order valence-electron chi connectivity index (χ1n) is 5.11. The van der Waals surface area contributed by atoms with Gasteiger partial charge in [-0.3, -0.25) is 9.78 Å². The molecule has 0 aromatic carbocycles. The highest BCUT2D eigenvalue weighted by molar-refractivity contribution is 5.96. The monoisotopic (exact) mass is 224 g/mol. The Kier molecular flexibility index (Phi) is 4.25. The number of rotatable bonds is 4. The van der Waals surface area contributed by atoms with Crippen LogP contribution in [0.25, 0.3) is 0 Å². The van der Waals surface area contributed by atoms with Crippen molar-refractivity contribution in [1.82, 2.24) is 10.3 Å². The number of nitrogens with zero attached hydrogens (tertiary/aromatic N) is 1. The maximum atomic E-state index is 11.7. The summed E-state index contributed by atoms with van der Waals surface area (Å²) in [5.41, 5.74) is 0.161. The van der Waals surface area contributed by atoms with E-state index in [2.05, 4.69) is 10.3 Å². The van der Waals surface area contributed by atoms with Gasteiger partial charge in [0, 0.05) is 6.20 Å². The van der Waals surface area contributed by atoms with Crippen LogP contribution in [0.3, 0.4) is 0 Å². The van der Waals surface area contributed by atoms with Crippen LogP contribution >= 0.6 is 0 Å². The molecule has 1 aromatic rings. The largest absolute Gasteiger partial charge is 0.505 e. The highest BCUT2D eigenvalue weighted by Crippen LogP contribution is 2.14. The maximum Gasteiger partial charge on any atom is 0.255 e. The number of aliphatic hydroxyl groups is 1. The van der Waals surface area contributed by atoms with Crippen molar-refractivity contribution >= 4 is 5.91 Å². The van der Waals surface area contributed by atoms with Crippen LogP contribution in [0.15, 0.2) is 18.5 Å². The number of hydrogen-bond donors (Lipinski definition) is 3. The maximum absolute atomic E-state index is 11.7. The molecule has 1 heterocycles. The van der Waals surface area contributed by atoms with Crippen molar-refractivity contribution in [2.45, 2.75) is 19.9 Å². The number of aromatic hydroxyl groups is 1. The summed E-state index contributed by atoms with van der Waals surface area (Å²) in [4.78, 5) is 15.4. The Hall–Kier alpha value is -1.62. The van der Waals surface area contributed by atoms with Crippen LogP contribution < -0.4 is 5.32 Å². The minimum absolute atomic E-state index is 0.123. The number of carbonyl (C=O) groups is 1. The van der Waals surface area contributed by atoms with Crippen molar-refractivity contribution in [2.24, 2.45) is 5.92 Å². The molecule has 3 N–H and O–H groups in total. The van der Waals surface area contributed by atoms with Gasteiger partial charge in [-0.25, -0.2) is 0 Å². The summed E-state index contributed by atoms with van der Waals surface area (Å²) in [5, 5.41) is 21.1. The zero-order chi connectivity index (χ0) is 12.1. The number of carbonyl (C=O) groups excluding carboxylic acids is 1. The molecular formula is C11H16N2O3. The molecule has 0 aliphatic carbocycles. The van der Waals surface area contributed by atoms with Crippen molar-refractivity contribution in [3.05, 3.63) is 24.0 Å². The van der Waals surface area contributed by atoms with Crippen molar-refractivity contribution in [3.63, 3.8) is 0 Å². The molecule has 5 nitrogen and oxygen atoms in total. The third-order valence-electron chi connectivity index (χ3n) is 2.36.